The van der Waals surface area contributed by atoms with Crippen molar-refractivity contribution in [2.75, 3.05) is 19.6 Å². The molecule has 0 fully saturated rings. The molecular weight excluding hydrogens is 390 g/mol. The summed E-state index contributed by atoms with van der Waals surface area (Å²) in [6.45, 7) is 9.36. The summed E-state index contributed by atoms with van der Waals surface area (Å²) in [6, 6.07) is 16.3. The number of carbonyl (C=O) groups excluding carboxylic acids is 2. The highest BCUT2D eigenvalue weighted by molar-refractivity contribution is 6.01. The van der Waals surface area contributed by atoms with Crippen LogP contribution in [0.5, 0.6) is 11.5 Å². The van der Waals surface area contributed by atoms with Gasteiger partial charge in [0.15, 0.2) is 0 Å². The number of rotatable bonds is 7. The smallest absolute Gasteiger partial charge is 0.322 e. The molecular formula is C25H27N3O3. The molecule has 6 nitrogen and oxygen atoms in total. The zero-order valence-electron chi connectivity index (χ0n) is 17.9. The summed E-state index contributed by atoms with van der Waals surface area (Å²) >= 11 is 0. The van der Waals surface area contributed by atoms with Gasteiger partial charge >= 0.3 is 6.03 Å². The van der Waals surface area contributed by atoms with Crippen molar-refractivity contribution in [2.45, 2.75) is 19.9 Å². The van der Waals surface area contributed by atoms with Gasteiger partial charge in [-0.1, -0.05) is 50.3 Å². The fraction of sp³-hybridized carbons (Fsp3) is 0.280. The number of para-hydroxylation sites is 1. The Morgan fingerprint density at radius 1 is 1.13 bits per heavy atom. The third kappa shape index (κ3) is 4.19. The van der Waals surface area contributed by atoms with Gasteiger partial charge in [-0.25, -0.2) is 4.79 Å². The summed E-state index contributed by atoms with van der Waals surface area (Å²) in [5.74, 6) is 1.68. The molecule has 1 atom stereocenters. The lowest BCUT2D eigenvalue weighted by Gasteiger charge is -2.33. The van der Waals surface area contributed by atoms with E-state index in [0.29, 0.717) is 36.9 Å². The van der Waals surface area contributed by atoms with Crippen molar-refractivity contribution >= 4 is 11.9 Å². The van der Waals surface area contributed by atoms with E-state index in [9.17, 15) is 9.59 Å². The van der Waals surface area contributed by atoms with Crippen molar-refractivity contribution < 1.29 is 14.3 Å². The highest BCUT2D eigenvalue weighted by Crippen LogP contribution is 2.37. The topological polar surface area (TPSA) is 61.9 Å². The Kier molecular flexibility index (Phi) is 5.80. The molecule has 2 aromatic carbocycles. The van der Waals surface area contributed by atoms with Crippen molar-refractivity contribution in [1.29, 1.82) is 0 Å². The minimum absolute atomic E-state index is 0.0304. The molecule has 0 spiro atoms. The summed E-state index contributed by atoms with van der Waals surface area (Å²) in [6.07, 6.45) is 1.68. The fourth-order valence-electron chi connectivity index (χ4n) is 4.09. The Balaban J connectivity index is 1.69. The SMILES string of the molecule is C=CCN1C(=O)NC(c2cccc(Oc3ccccc3)c2)C2=C1CN(CC(C)C)C2=O. The molecule has 160 valence electrons. The lowest BCUT2D eigenvalue weighted by atomic mass is 9.95. The number of nitrogens with one attached hydrogen (secondary N) is 1. The molecule has 4 rings (SSSR count). The second kappa shape index (κ2) is 8.68. The monoisotopic (exact) mass is 417 g/mol. The minimum Gasteiger partial charge on any atom is -0.457 e. The molecule has 31 heavy (non-hydrogen) atoms. The fourth-order valence-corrected chi connectivity index (χ4v) is 4.09. The molecule has 0 radical (unpaired) electrons. The largest absolute Gasteiger partial charge is 0.457 e. The van der Waals surface area contributed by atoms with Gasteiger partial charge in [-0.05, 0) is 35.7 Å². The summed E-state index contributed by atoms with van der Waals surface area (Å²) in [5, 5.41) is 3.01. The van der Waals surface area contributed by atoms with Gasteiger partial charge in [0.05, 0.1) is 23.9 Å². The van der Waals surface area contributed by atoms with E-state index in [4.69, 9.17) is 4.74 Å². The van der Waals surface area contributed by atoms with Crippen LogP contribution in [0.2, 0.25) is 0 Å². The second-order valence-electron chi connectivity index (χ2n) is 8.21. The van der Waals surface area contributed by atoms with Crippen LogP contribution < -0.4 is 10.1 Å². The quantitative estimate of drug-likeness (QED) is 0.676. The van der Waals surface area contributed by atoms with E-state index in [1.807, 2.05) is 59.5 Å². The molecule has 3 amide bonds. The van der Waals surface area contributed by atoms with Gasteiger partial charge in [0.2, 0.25) is 0 Å². The van der Waals surface area contributed by atoms with Gasteiger partial charge in [0, 0.05) is 13.1 Å². The lowest BCUT2D eigenvalue weighted by molar-refractivity contribution is -0.126. The molecule has 1 unspecified atom stereocenters. The Morgan fingerprint density at radius 3 is 2.58 bits per heavy atom. The highest BCUT2D eigenvalue weighted by Gasteiger charge is 2.43. The number of amides is 3. The summed E-state index contributed by atoms with van der Waals surface area (Å²) in [4.78, 5) is 29.7. The second-order valence-corrected chi connectivity index (χ2v) is 8.21. The molecule has 2 aliphatic rings. The van der Waals surface area contributed by atoms with E-state index in [0.717, 1.165) is 17.0 Å². The van der Waals surface area contributed by atoms with E-state index in [1.165, 1.54) is 0 Å². The zero-order chi connectivity index (χ0) is 22.0. The molecule has 2 heterocycles. The summed E-state index contributed by atoms with van der Waals surface area (Å²) in [7, 11) is 0. The third-order valence-corrected chi connectivity index (χ3v) is 5.36. The van der Waals surface area contributed by atoms with Gasteiger partial charge in [0.1, 0.15) is 11.5 Å². The Morgan fingerprint density at radius 2 is 1.87 bits per heavy atom. The van der Waals surface area contributed by atoms with Gasteiger partial charge in [-0.15, -0.1) is 6.58 Å². The van der Waals surface area contributed by atoms with Crippen LogP contribution in [0.25, 0.3) is 0 Å². The molecule has 0 aromatic heterocycles. The first-order chi connectivity index (χ1) is 15.0. The van der Waals surface area contributed by atoms with Crippen LogP contribution in [-0.4, -0.2) is 41.4 Å². The average Bonchev–Trinajstić information content (AvgIpc) is 3.06. The molecule has 1 N–H and O–H groups in total. The van der Waals surface area contributed by atoms with E-state index < -0.39 is 6.04 Å². The van der Waals surface area contributed by atoms with E-state index in [2.05, 4.69) is 25.7 Å². The average molecular weight is 418 g/mol. The summed E-state index contributed by atoms with van der Waals surface area (Å²) in [5.41, 5.74) is 2.19. The maximum Gasteiger partial charge on any atom is 0.322 e. The van der Waals surface area contributed by atoms with Gasteiger partial charge in [-0.2, -0.15) is 0 Å². The number of hydrogen-bond acceptors (Lipinski definition) is 3. The van der Waals surface area contributed by atoms with Crippen LogP contribution in [-0.2, 0) is 4.79 Å². The third-order valence-electron chi connectivity index (χ3n) is 5.36. The standard InChI is InChI=1S/C25H27N3O3/c1-4-13-28-21-16-27(15-17(2)3)24(29)22(21)23(26-25(28)30)18-9-8-12-20(14-18)31-19-10-6-5-7-11-19/h4-12,14,17,23H,1,13,15-16H2,2-3H3,(H,26,30). The van der Waals surface area contributed by atoms with Gasteiger partial charge in [0.25, 0.3) is 5.91 Å². The molecule has 2 aromatic rings. The first kappa shape index (κ1) is 20.7. The molecule has 0 saturated carbocycles. The van der Waals surface area contributed by atoms with Crippen LogP contribution >= 0.6 is 0 Å². The normalized spacial score (nSPS) is 18.4. The van der Waals surface area contributed by atoms with Crippen molar-refractivity contribution in [3.63, 3.8) is 0 Å². The predicted molar refractivity (Wildman–Crippen MR) is 120 cm³/mol. The highest BCUT2D eigenvalue weighted by atomic mass is 16.5. The molecule has 6 heteroatoms. The van der Waals surface area contributed by atoms with Crippen LogP contribution in [0.15, 0.2) is 78.5 Å². The van der Waals surface area contributed by atoms with Crippen molar-refractivity contribution in [2.24, 2.45) is 5.92 Å². The zero-order valence-corrected chi connectivity index (χ0v) is 17.9. The van der Waals surface area contributed by atoms with E-state index >= 15 is 0 Å². The lowest BCUT2D eigenvalue weighted by Crippen LogP contribution is -2.47. The van der Waals surface area contributed by atoms with E-state index in [1.54, 1.807) is 11.0 Å². The van der Waals surface area contributed by atoms with E-state index in [-0.39, 0.29) is 11.9 Å². The first-order valence-electron chi connectivity index (χ1n) is 10.5. The molecule has 2 aliphatic heterocycles. The summed E-state index contributed by atoms with van der Waals surface area (Å²) < 4.78 is 5.96. The maximum absolute atomic E-state index is 13.3. The maximum atomic E-state index is 13.3. The van der Waals surface area contributed by atoms with Crippen molar-refractivity contribution in [3.05, 3.63) is 84.1 Å². The number of benzene rings is 2. The van der Waals surface area contributed by atoms with Crippen LogP contribution in [0.3, 0.4) is 0 Å². The number of urea groups is 1. The first-order valence-corrected chi connectivity index (χ1v) is 10.5. The van der Waals surface area contributed by atoms with Crippen LogP contribution in [0.1, 0.15) is 25.5 Å². The molecule has 0 bridgehead atoms. The predicted octanol–water partition coefficient (Wildman–Crippen LogP) is 4.48. The van der Waals surface area contributed by atoms with Crippen molar-refractivity contribution in [1.82, 2.24) is 15.1 Å². The number of ether oxygens (including phenoxy) is 1. The number of nitrogens with zero attached hydrogens (tertiary/aromatic N) is 2. The number of carbonyl (C=O) groups is 2. The Hall–Kier alpha value is -3.54. The number of hydrogen-bond donors (Lipinski definition) is 1. The Labute approximate surface area is 182 Å². The van der Waals surface area contributed by atoms with Crippen molar-refractivity contribution in [3.8, 4) is 11.5 Å². The molecule has 0 aliphatic carbocycles. The minimum atomic E-state index is -0.521. The Bertz CT molecular complexity index is 1030. The van der Waals surface area contributed by atoms with Gasteiger partial charge in [-0.3, -0.25) is 9.69 Å². The molecule has 0 saturated heterocycles. The van der Waals surface area contributed by atoms with Crippen LogP contribution in [0.4, 0.5) is 4.79 Å². The van der Waals surface area contributed by atoms with Gasteiger partial charge < -0.3 is 15.0 Å². The van der Waals surface area contributed by atoms with Crippen LogP contribution in [0, 0.1) is 5.92 Å².